The number of sulfonamides is 1. The van der Waals surface area contributed by atoms with Crippen LogP contribution in [0, 0.1) is 0 Å². The summed E-state index contributed by atoms with van der Waals surface area (Å²) in [6.07, 6.45) is 2.18. The Bertz CT molecular complexity index is 797. The second kappa shape index (κ2) is 14.0. The fourth-order valence-corrected chi connectivity index (χ4v) is 4.98. The van der Waals surface area contributed by atoms with E-state index < -0.39 is 10.0 Å². The van der Waals surface area contributed by atoms with Crippen LogP contribution in [0.4, 0.5) is 0 Å². The lowest BCUT2D eigenvalue weighted by Gasteiger charge is -2.32. The zero-order valence-corrected chi connectivity index (χ0v) is 22.2. The SMILES string of the molecule is CCCS(=O)(=O)N1CCC(NC(=NCc2ccc(OC)c(OCC)c2)NCC)CC1.I. The van der Waals surface area contributed by atoms with Gasteiger partial charge in [-0.25, -0.2) is 17.7 Å². The third-order valence-electron chi connectivity index (χ3n) is 4.94. The van der Waals surface area contributed by atoms with E-state index in [1.54, 1.807) is 11.4 Å². The summed E-state index contributed by atoms with van der Waals surface area (Å²) in [7, 11) is -1.49. The van der Waals surface area contributed by atoms with Gasteiger partial charge in [-0.1, -0.05) is 13.0 Å². The summed E-state index contributed by atoms with van der Waals surface area (Å²) >= 11 is 0. The van der Waals surface area contributed by atoms with Crippen molar-refractivity contribution in [2.24, 2.45) is 4.99 Å². The van der Waals surface area contributed by atoms with Crippen molar-refractivity contribution in [2.45, 2.75) is 52.6 Å². The molecule has 8 nitrogen and oxygen atoms in total. The van der Waals surface area contributed by atoms with Crippen molar-refractivity contribution >= 4 is 40.0 Å². The number of methoxy groups -OCH3 is 1. The van der Waals surface area contributed by atoms with Crippen molar-refractivity contribution < 1.29 is 17.9 Å². The quantitative estimate of drug-likeness (QED) is 0.256. The van der Waals surface area contributed by atoms with Gasteiger partial charge < -0.3 is 20.1 Å². The Kier molecular flexibility index (Phi) is 12.5. The molecule has 10 heteroatoms. The van der Waals surface area contributed by atoms with Crippen molar-refractivity contribution in [3.05, 3.63) is 23.8 Å². The number of ether oxygens (including phenoxy) is 2. The lowest BCUT2D eigenvalue weighted by molar-refractivity contribution is 0.306. The van der Waals surface area contributed by atoms with Gasteiger partial charge in [-0.3, -0.25) is 0 Å². The van der Waals surface area contributed by atoms with Crippen molar-refractivity contribution in [1.29, 1.82) is 0 Å². The van der Waals surface area contributed by atoms with Gasteiger partial charge >= 0.3 is 0 Å². The van der Waals surface area contributed by atoms with Crippen LogP contribution in [0.15, 0.2) is 23.2 Å². The van der Waals surface area contributed by atoms with E-state index in [4.69, 9.17) is 14.5 Å². The average Bonchev–Trinajstić information content (AvgIpc) is 2.73. The molecule has 0 aliphatic carbocycles. The number of hydrogen-bond acceptors (Lipinski definition) is 5. The monoisotopic (exact) mass is 568 g/mol. The largest absolute Gasteiger partial charge is 0.493 e. The topological polar surface area (TPSA) is 92.3 Å². The predicted molar refractivity (Wildman–Crippen MR) is 136 cm³/mol. The lowest BCUT2D eigenvalue weighted by atomic mass is 10.1. The number of nitrogens with zero attached hydrogens (tertiary/aromatic N) is 2. The minimum Gasteiger partial charge on any atom is -0.493 e. The maximum Gasteiger partial charge on any atom is 0.214 e. The Balaban J connectivity index is 0.00000480. The van der Waals surface area contributed by atoms with Gasteiger partial charge in [0.15, 0.2) is 17.5 Å². The van der Waals surface area contributed by atoms with Gasteiger partial charge in [-0.15, -0.1) is 24.0 Å². The summed E-state index contributed by atoms with van der Waals surface area (Å²) in [5.41, 5.74) is 1.02. The van der Waals surface area contributed by atoms with Gasteiger partial charge in [-0.05, 0) is 50.8 Å². The Morgan fingerprint density at radius 1 is 1.19 bits per heavy atom. The van der Waals surface area contributed by atoms with Crippen LogP contribution in [-0.4, -0.2) is 63.8 Å². The van der Waals surface area contributed by atoms with Crippen LogP contribution in [0.2, 0.25) is 0 Å². The third kappa shape index (κ3) is 8.64. The van der Waals surface area contributed by atoms with Crippen molar-refractivity contribution in [1.82, 2.24) is 14.9 Å². The summed E-state index contributed by atoms with van der Waals surface area (Å²) in [6.45, 7) is 8.79. The Hall–Kier alpha value is -1.27. The molecule has 0 aromatic heterocycles. The normalized spacial score (nSPS) is 15.8. The van der Waals surface area contributed by atoms with Gasteiger partial charge in [0.05, 0.1) is 26.0 Å². The molecule has 31 heavy (non-hydrogen) atoms. The smallest absolute Gasteiger partial charge is 0.214 e. The highest BCUT2D eigenvalue weighted by atomic mass is 127. The van der Waals surface area contributed by atoms with Crippen LogP contribution < -0.4 is 20.1 Å². The molecule has 1 heterocycles. The number of halogens is 1. The molecule has 0 saturated carbocycles. The molecule has 0 unspecified atom stereocenters. The molecule has 178 valence electrons. The molecule has 0 amide bonds. The zero-order chi connectivity index (χ0) is 22.0. The first kappa shape index (κ1) is 27.8. The fraction of sp³-hybridized carbons (Fsp3) is 0.667. The predicted octanol–water partition coefficient (Wildman–Crippen LogP) is 2.97. The molecule has 1 saturated heterocycles. The summed E-state index contributed by atoms with van der Waals surface area (Å²) in [4.78, 5) is 4.70. The number of guanidine groups is 1. The van der Waals surface area contributed by atoms with Crippen LogP contribution in [0.5, 0.6) is 11.5 Å². The van der Waals surface area contributed by atoms with Gasteiger partial charge in [0.25, 0.3) is 0 Å². The highest BCUT2D eigenvalue weighted by Crippen LogP contribution is 2.28. The molecule has 2 rings (SSSR count). The summed E-state index contributed by atoms with van der Waals surface area (Å²) in [5.74, 6) is 2.38. The molecule has 0 spiro atoms. The zero-order valence-electron chi connectivity index (χ0n) is 19.0. The maximum atomic E-state index is 12.2. The highest BCUT2D eigenvalue weighted by Gasteiger charge is 2.27. The van der Waals surface area contributed by atoms with Crippen LogP contribution in [-0.2, 0) is 16.6 Å². The number of benzene rings is 1. The van der Waals surface area contributed by atoms with Gasteiger partial charge in [0.2, 0.25) is 10.0 Å². The van der Waals surface area contributed by atoms with Crippen LogP contribution >= 0.6 is 24.0 Å². The molecule has 1 aliphatic heterocycles. The summed E-state index contributed by atoms with van der Waals surface area (Å²) in [5, 5.41) is 6.73. The van der Waals surface area contributed by atoms with Crippen molar-refractivity contribution in [2.75, 3.05) is 39.1 Å². The van der Waals surface area contributed by atoms with Crippen molar-refractivity contribution in [3.8, 4) is 11.5 Å². The summed E-state index contributed by atoms with van der Waals surface area (Å²) in [6, 6.07) is 6.02. The number of piperidine rings is 1. The fourth-order valence-electron chi connectivity index (χ4n) is 3.44. The molecule has 2 N–H and O–H groups in total. The third-order valence-corrected chi connectivity index (χ3v) is 7.02. The van der Waals surface area contributed by atoms with E-state index in [1.807, 2.05) is 39.0 Å². The second-order valence-electron chi connectivity index (χ2n) is 7.25. The number of hydrogen-bond donors (Lipinski definition) is 2. The standard InChI is InChI=1S/C21H36N4O4S.HI/c1-5-14-30(26,27)25-12-10-18(11-13-25)24-21(22-6-2)23-16-17-8-9-19(28-4)20(15-17)29-7-3;/h8-9,15,18H,5-7,10-14,16H2,1-4H3,(H2,22,23,24);1H. The molecule has 1 aromatic rings. The molecule has 1 aromatic carbocycles. The average molecular weight is 569 g/mol. The van der Waals surface area contributed by atoms with E-state index in [0.29, 0.717) is 44.2 Å². The first-order valence-electron chi connectivity index (χ1n) is 10.8. The van der Waals surface area contributed by atoms with Gasteiger partial charge in [-0.2, -0.15) is 0 Å². The van der Waals surface area contributed by atoms with E-state index in [-0.39, 0.29) is 35.8 Å². The lowest BCUT2D eigenvalue weighted by Crippen LogP contribution is -2.50. The van der Waals surface area contributed by atoms with E-state index in [1.165, 1.54) is 0 Å². The molecule has 1 aliphatic rings. The molecular formula is C21H37IN4O4S. The number of rotatable bonds is 10. The minimum absolute atomic E-state index is 0. The van der Waals surface area contributed by atoms with E-state index in [0.717, 1.165) is 30.9 Å². The van der Waals surface area contributed by atoms with E-state index in [9.17, 15) is 8.42 Å². The van der Waals surface area contributed by atoms with Gasteiger partial charge in [0, 0.05) is 25.7 Å². The van der Waals surface area contributed by atoms with Gasteiger partial charge in [0.1, 0.15) is 0 Å². The Labute approximate surface area is 204 Å². The van der Waals surface area contributed by atoms with Crippen LogP contribution in [0.3, 0.4) is 0 Å². The highest BCUT2D eigenvalue weighted by molar-refractivity contribution is 14.0. The summed E-state index contributed by atoms with van der Waals surface area (Å²) < 4.78 is 37.1. The van der Waals surface area contributed by atoms with Crippen LogP contribution in [0.25, 0.3) is 0 Å². The van der Waals surface area contributed by atoms with E-state index in [2.05, 4.69) is 10.6 Å². The minimum atomic E-state index is -3.12. The molecule has 0 radical (unpaired) electrons. The van der Waals surface area contributed by atoms with Crippen molar-refractivity contribution in [3.63, 3.8) is 0 Å². The molecule has 0 bridgehead atoms. The maximum absolute atomic E-state index is 12.2. The number of aliphatic imine (C=N–C) groups is 1. The Morgan fingerprint density at radius 3 is 2.48 bits per heavy atom. The van der Waals surface area contributed by atoms with Crippen LogP contribution in [0.1, 0.15) is 45.6 Å². The molecule has 1 fully saturated rings. The Morgan fingerprint density at radius 2 is 1.90 bits per heavy atom. The first-order chi connectivity index (χ1) is 14.4. The number of nitrogens with one attached hydrogen (secondary N) is 2. The first-order valence-corrected chi connectivity index (χ1v) is 12.4. The second-order valence-corrected chi connectivity index (χ2v) is 9.34. The molecule has 0 atom stereocenters. The molecular weight excluding hydrogens is 531 g/mol. The van der Waals surface area contributed by atoms with E-state index >= 15 is 0 Å².